The molecule has 0 radical (unpaired) electrons. The van der Waals surface area contributed by atoms with Crippen LogP contribution in [0.15, 0.2) is 96.0 Å². The second-order valence-electron chi connectivity index (χ2n) is 6.48. The van der Waals surface area contributed by atoms with Crippen molar-refractivity contribution < 1.29 is 4.79 Å². The van der Waals surface area contributed by atoms with Gasteiger partial charge in [-0.05, 0) is 29.7 Å². The molecule has 0 atom stereocenters. The Morgan fingerprint density at radius 2 is 1.14 bits per heavy atom. The molecule has 0 spiro atoms. The third-order valence-electron chi connectivity index (χ3n) is 4.75. The van der Waals surface area contributed by atoms with E-state index in [4.69, 9.17) is 12.2 Å². The molecule has 1 aliphatic heterocycles. The molecule has 3 nitrogen and oxygen atoms in total. The predicted molar refractivity (Wildman–Crippen MR) is 124 cm³/mol. The molecule has 1 aliphatic rings. The molecule has 1 amide bonds. The molecular weight excluding hydrogens is 383 g/mol. The number of aliphatic imine (C=N–C) groups is 1. The van der Waals surface area contributed by atoms with Gasteiger partial charge in [-0.1, -0.05) is 103 Å². The fourth-order valence-corrected chi connectivity index (χ4v) is 8.50. The van der Waals surface area contributed by atoms with Crippen LogP contribution in [0, 0.1) is 0 Å². The van der Waals surface area contributed by atoms with Gasteiger partial charge in [-0.25, -0.2) is 4.99 Å². The van der Waals surface area contributed by atoms with Crippen LogP contribution in [0.1, 0.15) is 6.92 Å². The van der Waals surface area contributed by atoms with Gasteiger partial charge in [0, 0.05) is 0 Å². The van der Waals surface area contributed by atoms with Gasteiger partial charge < -0.3 is 5.32 Å². The summed E-state index contributed by atoms with van der Waals surface area (Å²) >= 11 is 5.67. The van der Waals surface area contributed by atoms with Crippen LogP contribution in [0.5, 0.6) is 0 Å². The Labute approximate surface area is 170 Å². The van der Waals surface area contributed by atoms with Gasteiger partial charge in [0.25, 0.3) is 5.91 Å². The van der Waals surface area contributed by atoms with Gasteiger partial charge in [-0.2, -0.15) is 0 Å². The number of rotatable bonds is 3. The van der Waals surface area contributed by atoms with Crippen LogP contribution < -0.4 is 21.2 Å². The van der Waals surface area contributed by atoms with Crippen molar-refractivity contribution in [1.29, 1.82) is 0 Å². The van der Waals surface area contributed by atoms with Crippen molar-refractivity contribution in [3.63, 3.8) is 0 Å². The van der Waals surface area contributed by atoms with Crippen molar-refractivity contribution in [1.82, 2.24) is 5.32 Å². The minimum Gasteiger partial charge on any atom is -0.310 e. The summed E-state index contributed by atoms with van der Waals surface area (Å²) in [5, 5.41) is 6.70. The van der Waals surface area contributed by atoms with Crippen LogP contribution in [0.2, 0.25) is 0 Å². The number of amidine groups is 1. The van der Waals surface area contributed by atoms with E-state index in [9.17, 15) is 4.79 Å². The molecule has 4 rings (SSSR count). The first-order valence-corrected chi connectivity index (χ1v) is 11.2. The Morgan fingerprint density at radius 3 is 1.50 bits per heavy atom. The molecule has 0 aromatic heterocycles. The number of nitrogens with zero attached hydrogens (tertiary/aromatic N) is 1. The molecule has 3 aromatic carbocycles. The molecule has 0 unspecified atom stereocenters. The number of nitrogens with one attached hydrogen (secondary N) is 1. The zero-order chi connectivity index (χ0) is 19.6. The second-order valence-corrected chi connectivity index (χ2v) is 10.2. The number of carbonyl (C=O) groups excluding carboxylic acids is 1. The highest BCUT2D eigenvalue weighted by molar-refractivity contribution is 8.00. The third-order valence-corrected chi connectivity index (χ3v) is 9.50. The van der Waals surface area contributed by atoms with Crippen molar-refractivity contribution in [2.24, 2.45) is 4.99 Å². The summed E-state index contributed by atoms with van der Waals surface area (Å²) < 4.78 is 0. The van der Waals surface area contributed by atoms with Crippen LogP contribution in [0.3, 0.4) is 0 Å². The summed E-state index contributed by atoms with van der Waals surface area (Å²) in [6.45, 7) is -0.753. The Hall–Kier alpha value is -2.81. The van der Waals surface area contributed by atoms with Gasteiger partial charge in [-0.15, -0.1) is 0 Å². The summed E-state index contributed by atoms with van der Waals surface area (Å²) in [5.74, 6) is 0.369. The maximum absolute atomic E-state index is 13.3. The molecule has 5 heteroatoms. The van der Waals surface area contributed by atoms with Gasteiger partial charge in [-0.3, -0.25) is 4.79 Å². The lowest BCUT2D eigenvalue weighted by Gasteiger charge is -2.33. The maximum Gasteiger partial charge on any atom is 0.260 e. The van der Waals surface area contributed by atoms with Crippen LogP contribution in [-0.4, -0.2) is 22.0 Å². The van der Waals surface area contributed by atoms with E-state index in [-0.39, 0.29) is 5.91 Å². The summed E-state index contributed by atoms with van der Waals surface area (Å²) in [6, 6.07) is 30.5. The van der Waals surface area contributed by atoms with Crippen LogP contribution in [-0.2, 0) is 4.79 Å². The number of carbonyl (C=O) groups is 1. The van der Waals surface area contributed by atoms with Gasteiger partial charge in [0.2, 0.25) is 0 Å². The number of amides is 1. The van der Waals surface area contributed by atoms with E-state index < -0.39 is 6.89 Å². The van der Waals surface area contributed by atoms with Gasteiger partial charge in [0.05, 0.1) is 5.29 Å². The maximum atomic E-state index is 13.3. The largest absolute Gasteiger partial charge is 0.310 e. The molecule has 1 N–H and O–H groups in total. The Morgan fingerprint density at radius 1 is 0.750 bits per heavy atom. The summed E-state index contributed by atoms with van der Waals surface area (Å²) in [5.41, 5.74) is 0. The van der Waals surface area contributed by atoms with E-state index >= 15 is 0 Å². The monoisotopic (exact) mass is 402 g/mol. The van der Waals surface area contributed by atoms with E-state index in [1.807, 2.05) is 54.6 Å². The van der Waals surface area contributed by atoms with Crippen molar-refractivity contribution in [3.05, 3.63) is 91.0 Å². The standard InChI is InChI=1S/C23H19N2OPS/c1-17-24-22(26)21(23(28)25-17)27(18-11-5-2-6-12-18,19-13-7-3-8-14-19)20-15-9-4-10-16-20/h2-16H,1H3,(H,24,25,26,28). The van der Waals surface area contributed by atoms with Crippen LogP contribution >= 0.6 is 19.1 Å². The highest BCUT2D eigenvalue weighted by atomic mass is 32.1. The minimum absolute atomic E-state index is 0.164. The Balaban J connectivity index is 2.26. The highest BCUT2D eigenvalue weighted by Crippen LogP contribution is 2.46. The number of hydrogen-bond donors (Lipinski definition) is 1. The predicted octanol–water partition coefficient (Wildman–Crippen LogP) is 3.03. The molecule has 0 saturated heterocycles. The van der Waals surface area contributed by atoms with Gasteiger partial charge >= 0.3 is 0 Å². The fraction of sp³-hybridized carbons (Fsp3) is 0.0435. The average molecular weight is 402 g/mol. The first-order chi connectivity index (χ1) is 13.6. The molecule has 0 saturated carbocycles. The zero-order valence-electron chi connectivity index (χ0n) is 15.4. The average Bonchev–Trinajstić information content (AvgIpc) is 2.72. The SMILES string of the molecule is CC1=NC(=S)C(=P(c2ccccc2)(c2ccccc2)c2ccccc2)C(=O)N1. The van der Waals surface area contributed by atoms with Crippen LogP contribution in [0.4, 0.5) is 0 Å². The molecule has 138 valence electrons. The van der Waals surface area contributed by atoms with Crippen molar-refractivity contribution in [2.45, 2.75) is 6.92 Å². The lowest BCUT2D eigenvalue weighted by molar-refractivity contribution is -0.113. The molecule has 0 fully saturated rings. The number of benzene rings is 3. The molecule has 0 aliphatic carbocycles. The smallest absolute Gasteiger partial charge is 0.260 e. The molecule has 3 aromatic rings. The highest BCUT2D eigenvalue weighted by Gasteiger charge is 2.36. The normalized spacial score (nSPS) is 14.5. The first-order valence-electron chi connectivity index (χ1n) is 8.98. The first kappa shape index (κ1) is 18.5. The van der Waals surface area contributed by atoms with E-state index in [0.717, 1.165) is 15.9 Å². The van der Waals surface area contributed by atoms with Crippen molar-refractivity contribution in [3.8, 4) is 0 Å². The lowest BCUT2D eigenvalue weighted by atomic mass is 10.3. The van der Waals surface area contributed by atoms with Crippen LogP contribution in [0.25, 0.3) is 0 Å². The topological polar surface area (TPSA) is 41.5 Å². The third kappa shape index (κ3) is 3.05. The molecule has 1 heterocycles. The minimum atomic E-state index is -2.51. The Kier molecular flexibility index (Phi) is 5.08. The van der Waals surface area contributed by atoms with E-state index in [1.54, 1.807) is 6.92 Å². The number of thiocarbonyl (C=S) groups is 1. The van der Waals surface area contributed by atoms with Gasteiger partial charge in [0.15, 0.2) is 0 Å². The lowest BCUT2D eigenvalue weighted by Crippen LogP contribution is -2.47. The van der Waals surface area contributed by atoms with E-state index in [2.05, 4.69) is 46.7 Å². The van der Waals surface area contributed by atoms with E-state index in [0.29, 0.717) is 16.1 Å². The zero-order valence-corrected chi connectivity index (χ0v) is 17.1. The van der Waals surface area contributed by atoms with Crippen molar-refractivity contribution >= 4 is 57.0 Å². The molecule has 0 bridgehead atoms. The number of hydrogen-bond acceptors (Lipinski definition) is 2. The summed E-state index contributed by atoms with van der Waals surface area (Å²) in [4.78, 5) is 18.1. The van der Waals surface area contributed by atoms with Gasteiger partial charge in [0.1, 0.15) is 10.8 Å². The Bertz CT molecular complexity index is 1020. The second kappa shape index (κ2) is 7.67. The molecular formula is C23H19N2OPS. The quantitative estimate of drug-likeness (QED) is 0.541. The summed E-state index contributed by atoms with van der Waals surface area (Å²) in [6.07, 6.45) is 0. The summed E-state index contributed by atoms with van der Waals surface area (Å²) in [7, 11) is 0. The van der Waals surface area contributed by atoms with E-state index in [1.165, 1.54) is 0 Å². The van der Waals surface area contributed by atoms with Crippen molar-refractivity contribution in [2.75, 3.05) is 0 Å². The fourth-order valence-electron chi connectivity index (χ4n) is 3.64. The molecule has 28 heavy (non-hydrogen) atoms.